The van der Waals surface area contributed by atoms with Gasteiger partial charge in [-0.3, -0.25) is 14.4 Å². The van der Waals surface area contributed by atoms with Crippen molar-refractivity contribution in [1.29, 1.82) is 0 Å². The Morgan fingerprint density at radius 2 is 2.33 bits per heavy atom. The van der Waals surface area contributed by atoms with E-state index >= 15 is 0 Å². The van der Waals surface area contributed by atoms with E-state index in [2.05, 4.69) is 33.5 Å². The summed E-state index contributed by atoms with van der Waals surface area (Å²) in [5, 5.41) is 7.40. The lowest BCUT2D eigenvalue weighted by Crippen LogP contribution is -2.38. The summed E-state index contributed by atoms with van der Waals surface area (Å²) in [4.78, 5) is 14.2. The highest BCUT2D eigenvalue weighted by atomic mass is 16.5. The molecule has 1 aliphatic heterocycles. The van der Waals surface area contributed by atoms with E-state index in [-0.39, 0.29) is 12.5 Å². The van der Waals surface area contributed by atoms with E-state index in [4.69, 9.17) is 4.74 Å². The van der Waals surface area contributed by atoms with E-state index in [1.807, 2.05) is 13.1 Å². The number of ether oxygens (including phenoxy) is 1. The Balaban J connectivity index is 1.69. The summed E-state index contributed by atoms with van der Waals surface area (Å²) < 4.78 is 6.57. The molecule has 0 saturated carbocycles. The molecule has 0 bridgehead atoms. The van der Waals surface area contributed by atoms with Crippen LogP contribution in [0.1, 0.15) is 31.4 Å². The van der Waals surface area contributed by atoms with Crippen LogP contribution in [0.4, 0.5) is 5.82 Å². The topological polar surface area (TPSA) is 59.4 Å². The number of aryl methyl sites for hydroxylation is 1. The smallest absolute Gasteiger partial charge is 0.251 e. The van der Waals surface area contributed by atoms with Gasteiger partial charge in [-0.25, -0.2) is 0 Å². The van der Waals surface area contributed by atoms with Crippen LogP contribution in [-0.2, 0) is 16.6 Å². The van der Waals surface area contributed by atoms with Crippen molar-refractivity contribution < 1.29 is 9.53 Å². The Kier molecular flexibility index (Phi) is 5.48. The second-order valence-corrected chi connectivity index (χ2v) is 6.43. The minimum atomic E-state index is -0.168. The standard InChI is InChI=1S/C18H26N4O2/c1-21-17(19-18(23)13-24-2)11-16(20-21)14-7-6-10-22(12-14)15-8-4-3-5-9-15/h4,7-8,11,15H,3,5-6,9-10,12-13H2,1-2H3,(H,19,23)/t15-/m1/s1. The summed E-state index contributed by atoms with van der Waals surface area (Å²) in [7, 11) is 3.35. The summed E-state index contributed by atoms with van der Waals surface area (Å²) in [6, 6.07) is 2.49. The maximum atomic E-state index is 11.7. The molecule has 130 valence electrons. The number of aromatic nitrogens is 2. The highest BCUT2D eigenvalue weighted by Crippen LogP contribution is 2.26. The Morgan fingerprint density at radius 1 is 1.46 bits per heavy atom. The van der Waals surface area contributed by atoms with Crippen LogP contribution in [0, 0.1) is 0 Å². The van der Waals surface area contributed by atoms with Crippen LogP contribution < -0.4 is 5.32 Å². The number of hydrogen-bond donors (Lipinski definition) is 1. The van der Waals surface area contributed by atoms with Crippen molar-refractivity contribution in [3.63, 3.8) is 0 Å². The van der Waals surface area contributed by atoms with Gasteiger partial charge in [0, 0.05) is 39.4 Å². The maximum absolute atomic E-state index is 11.7. The van der Waals surface area contributed by atoms with Gasteiger partial charge >= 0.3 is 0 Å². The highest BCUT2D eigenvalue weighted by molar-refractivity contribution is 5.91. The fourth-order valence-corrected chi connectivity index (χ4v) is 3.39. The number of allylic oxidation sites excluding steroid dienone is 1. The molecular weight excluding hydrogens is 304 g/mol. The number of amides is 1. The molecule has 0 aromatic carbocycles. The Bertz CT molecular complexity index is 647. The predicted molar refractivity (Wildman–Crippen MR) is 94.7 cm³/mol. The Hall–Kier alpha value is -1.92. The van der Waals surface area contributed by atoms with Crippen LogP contribution in [0.5, 0.6) is 0 Å². The molecular formula is C18H26N4O2. The van der Waals surface area contributed by atoms with Crippen molar-refractivity contribution in [2.75, 3.05) is 32.1 Å². The molecule has 6 heteroatoms. The average Bonchev–Trinajstić information content (AvgIpc) is 2.97. The lowest BCUT2D eigenvalue weighted by Gasteiger charge is -2.34. The van der Waals surface area contributed by atoms with Gasteiger partial charge in [-0.15, -0.1) is 0 Å². The van der Waals surface area contributed by atoms with E-state index in [0.717, 1.165) is 25.2 Å². The quantitative estimate of drug-likeness (QED) is 0.841. The third kappa shape index (κ3) is 3.94. The number of anilines is 1. The molecule has 2 aliphatic rings. The predicted octanol–water partition coefficient (Wildman–Crippen LogP) is 2.20. The van der Waals surface area contributed by atoms with Crippen LogP contribution in [0.25, 0.3) is 5.57 Å². The minimum Gasteiger partial charge on any atom is -0.375 e. The summed E-state index contributed by atoms with van der Waals surface area (Å²) in [6.45, 7) is 2.06. The Morgan fingerprint density at radius 3 is 3.08 bits per heavy atom. The van der Waals surface area contributed by atoms with Crippen LogP contribution in [0.2, 0.25) is 0 Å². The average molecular weight is 330 g/mol. The fraction of sp³-hybridized carbons (Fsp3) is 0.556. The van der Waals surface area contributed by atoms with Gasteiger partial charge < -0.3 is 10.1 Å². The summed E-state index contributed by atoms with van der Waals surface area (Å²) >= 11 is 0. The molecule has 0 radical (unpaired) electrons. The molecule has 3 rings (SSSR count). The van der Waals surface area contributed by atoms with E-state index in [9.17, 15) is 4.79 Å². The van der Waals surface area contributed by atoms with Gasteiger partial charge in [0.05, 0.1) is 5.69 Å². The number of hydrogen-bond acceptors (Lipinski definition) is 4. The van der Waals surface area contributed by atoms with Crippen molar-refractivity contribution in [2.24, 2.45) is 7.05 Å². The molecule has 0 unspecified atom stereocenters. The van der Waals surface area contributed by atoms with E-state index in [1.165, 1.54) is 31.9 Å². The number of carbonyl (C=O) groups excluding carboxylic acids is 1. The first kappa shape index (κ1) is 16.9. The molecule has 2 heterocycles. The van der Waals surface area contributed by atoms with Gasteiger partial charge in [-0.05, 0) is 31.3 Å². The lowest BCUT2D eigenvalue weighted by atomic mass is 9.98. The molecule has 0 spiro atoms. The van der Waals surface area contributed by atoms with E-state index in [0.29, 0.717) is 11.9 Å². The van der Waals surface area contributed by atoms with Crippen molar-refractivity contribution in [3.05, 3.63) is 30.0 Å². The van der Waals surface area contributed by atoms with Crippen LogP contribution in [0.3, 0.4) is 0 Å². The first-order chi connectivity index (χ1) is 11.7. The van der Waals surface area contributed by atoms with E-state index in [1.54, 1.807) is 4.68 Å². The molecule has 6 nitrogen and oxygen atoms in total. The zero-order valence-electron chi connectivity index (χ0n) is 14.5. The number of carbonyl (C=O) groups is 1. The highest BCUT2D eigenvalue weighted by Gasteiger charge is 2.23. The normalized spacial score (nSPS) is 21.6. The van der Waals surface area contributed by atoms with Crippen LogP contribution in [-0.4, -0.2) is 53.4 Å². The SMILES string of the molecule is COCC(=O)Nc1cc(C2=CCCN([C@@H]3C=CCCC3)C2)nn1C. The second-order valence-electron chi connectivity index (χ2n) is 6.43. The van der Waals surface area contributed by atoms with Gasteiger partial charge in [-0.2, -0.15) is 5.10 Å². The summed E-state index contributed by atoms with van der Waals surface area (Å²) in [5.74, 6) is 0.529. The monoisotopic (exact) mass is 330 g/mol. The molecule has 0 fully saturated rings. The van der Waals surface area contributed by atoms with Gasteiger partial charge in [0.25, 0.3) is 5.91 Å². The first-order valence-electron chi connectivity index (χ1n) is 8.60. The van der Waals surface area contributed by atoms with Gasteiger partial charge in [0.1, 0.15) is 12.4 Å². The largest absolute Gasteiger partial charge is 0.375 e. The lowest BCUT2D eigenvalue weighted by molar-refractivity contribution is -0.119. The van der Waals surface area contributed by atoms with Crippen LogP contribution >= 0.6 is 0 Å². The number of methoxy groups -OCH3 is 1. The van der Waals surface area contributed by atoms with Crippen LogP contribution in [0.15, 0.2) is 24.3 Å². The van der Waals surface area contributed by atoms with E-state index < -0.39 is 0 Å². The molecule has 1 N–H and O–H groups in total. The van der Waals surface area contributed by atoms with Gasteiger partial charge in [-0.1, -0.05) is 18.2 Å². The summed E-state index contributed by atoms with van der Waals surface area (Å²) in [6.07, 6.45) is 11.7. The molecule has 1 aromatic heterocycles. The maximum Gasteiger partial charge on any atom is 0.251 e. The zero-order valence-corrected chi connectivity index (χ0v) is 14.5. The van der Waals surface area contributed by atoms with Gasteiger partial charge in [0.2, 0.25) is 0 Å². The number of nitrogens with zero attached hydrogens (tertiary/aromatic N) is 3. The van der Waals surface area contributed by atoms with Crippen molar-refractivity contribution in [3.8, 4) is 0 Å². The van der Waals surface area contributed by atoms with Crippen molar-refractivity contribution >= 4 is 17.3 Å². The minimum absolute atomic E-state index is 0.0466. The number of nitrogens with one attached hydrogen (secondary N) is 1. The molecule has 1 aromatic rings. The zero-order chi connectivity index (χ0) is 16.9. The number of rotatable bonds is 5. The summed E-state index contributed by atoms with van der Waals surface area (Å²) in [5.41, 5.74) is 2.18. The molecule has 24 heavy (non-hydrogen) atoms. The molecule has 1 aliphatic carbocycles. The van der Waals surface area contributed by atoms with Crippen molar-refractivity contribution in [2.45, 2.75) is 31.7 Å². The molecule has 0 saturated heterocycles. The molecule has 1 atom stereocenters. The molecule has 1 amide bonds. The van der Waals surface area contributed by atoms with Crippen molar-refractivity contribution in [1.82, 2.24) is 14.7 Å². The third-order valence-electron chi connectivity index (χ3n) is 4.63. The first-order valence-corrected chi connectivity index (χ1v) is 8.60. The van der Waals surface area contributed by atoms with Gasteiger partial charge in [0.15, 0.2) is 0 Å². The Labute approximate surface area is 143 Å². The fourth-order valence-electron chi connectivity index (χ4n) is 3.39. The second kappa shape index (κ2) is 7.77. The third-order valence-corrected chi connectivity index (χ3v) is 4.63.